The number of nitrogen functional groups attached to an aromatic ring is 1. The number of benzene rings is 1. The van der Waals surface area contributed by atoms with E-state index in [9.17, 15) is 9.18 Å². The highest BCUT2D eigenvalue weighted by atomic mass is 19.1. The number of hydrazine groups is 1. The highest BCUT2D eigenvalue weighted by Crippen LogP contribution is 2.18. The van der Waals surface area contributed by atoms with Gasteiger partial charge in [-0.25, -0.2) is 4.39 Å². The van der Waals surface area contributed by atoms with Crippen LogP contribution in [0.3, 0.4) is 0 Å². The number of anilines is 1. The molecule has 0 unspecified atom stereocenters. The number of aromatic nitrogens is 1. The van der Waals surface area contributed by atoms with Crippen LogP contribution in [0.2, 0.25) is 0 Å². The van der Waals surface area contributed by atoms with Gasteiger partial charge in [-0.1, -0.05) is 12.1 Å². The van der Waals surface area contributed by atoms with Gasteiger partial charge < -0.3 is 10.7 Å². The van der Waals surface area contributed by atoms with E-state index in [2.05, 4.69) is 15.7 Å². The molecule has 1 amide bonds. The number of halogens is 1. The molecule has 0 aliphatic heterocycles. The summed E-state index contributed by atoms with van der Waals surface area (Å²) in [5, 5.41) is 2.68. The minimum absolute atomic E-state index is 0.0257. The largest absolute Gasteiger partial charge is 0.346 e. The highest BCUT2D eigenvalue weighted by molar-refractivity contribution is 5.99. The van der Waals surface area contributed by atoms with Crippen LogP contribution in [0.5, 0.6) is 0 Å². The first kappa shape index (κ1) is 14.0. The average molecular weight is 274 g/mol. The molecule has 2 rings (SSSR count). The van der Waals surface area contributed by atoms with Crippen LogP contribution >= 0.6 is 0 Å². The second-order valence-electron chi connectivity index (χ2n) is 4.26. The van der Waals surface area contributed by atoms with E-state index in [1.54, 1.807) is 6.07 Å². The van der Waals surface area contributed by atoms with E-state index in [0.717, 1.165) is 11.4 Å². The lowest BCUT2D eigenvalue weighted by atomic mass is 10.1. The molecule has 6 heteroatoms. The van der Waals surface area contributed by atoms with Gasteiger partial charge in [0, 0.05) is 5.69 Å². The number of rotatable bonds is 4. The Morgan fingerprint density at radius 1 is 1.30 bits per heavy atom. The first-order valence-electron chi connectivity index (χ1n) is 6.07. The van der Waals surface area contributed by atoms with Gasteiger partial charge in [-0.05, 0) is 31.2 Å². The Bertz CT molecular complexity index is 630. The Hall–Kier alpha value is -2.47. The minimum Gasteiger partial charge on any atom is -0.346 e. The summed E-state index contributed by atoms with van der Waals surface area (Å²) in [5.41, 5.74) is 3.93. The summed E-state index contributed by atoms with van der Waals surface area (Å²) in [6, 6.07) is 9.72. The molecule has 20 heavy (non-hydrogen) atoms. The molecule has 1 heterocycles. The SMILES string of the molecule is Cc1cccc(CNC(=O)c2cccc(F)c2NN)n1. The predicted octanol–water partition coefficient (Wildman–Crippen LogP) is 1.74. The van der Waals surface area contributed by atoms with Gasteiger partial charge in [0.1, 0.15) is 5.82 Å². The van der Waals surface area contributed by atoms with Gasteiger partial charge in [-0.3, -0.25) is 15.6 Å². The number of carbonyl (C=O) groups is 1. The van der Waals surface area contributed by atoms with Gasteiger partial charge >= 0.3 is 0 Å². The normalized spacial score (nSPS) is 10.2. The summed E-state index contributed by atoms with van der Waals surface area (Å²) < 4.78 is 13.5. The van der Waals surface area contributed by atoms with E-state index >= 15 is 0 Å². The third-order valence-electron chi connectivity index (χ3n) is 2.78. The van der Waals surface area contributed by atoms with Gasteiger partial charge in [-0.2, -0.15) is 0 Å². The maximum absolute atomic E-state index is 13.5. The Balaban J connectivity index is 2.11. The molecular weight excluding hydrogens is 259 g/mol. The average Bonchev–Trinajstić information content (AvgIpc) is 2.44. The molecule has 0 saturated heterocycles. The number of amides is 1. The van der Waals surface area contributed by atoms with Crippen LogP contribution in [0.15, 0.2) is 36.4 Å². The molecule has 2 aromatic rings. The number of aryl methyl sites for hydroxylation is 1. The van der Waals surface area contributed by atoms with Crippen LogP contribution in [-0.2, 0) is 6.54 Å². The lowest BCUT2D eigenvalue weighted by molar-refractivity contribution is 0.0951. The van der Waals surface area contributed by atoms with Crippen molar-refractivity contribution < 1.29 is 9.18 Å². The van der Waals surface area contributed by atoms with Crippen molar-refractivity contribution >= 4 is 11.6 Å². The van der Waals surface area contributed by atoms with Crippen molar-refractivity contribution in [3.05, 3.63) is 59.2 Å². The standard InChI is InChI=1S/C14H15FN4O/c1-9-4-2-5-10(18-9)8-17-14(20)11-6-3-7-12(15)13(11)19-16/h2-7,19H,8,16H2,1H3,(H,17,20). The molecule has 104 valence electrons. The molecule has 0 atom stereocenters. The summed E-state index contributed by atoms with van der Waals surface area (Å²) in [5.74, 6) is 4.24. The Morgan fingerprint density at radius 3 is 2.75 bits per heavy atom. The summed E-state index contributed by atoms with van der Waals surface area (Å²) in [6.45, 7) is 2.13. The number of hydrogen-bond donors (Lipinski definition) is 3. The van der Waals surface area contributed by atoms with Crippen LogP contribution in [0, 0.1) is 12.7 Å². The van der Waals surface area contributed by atoms with Gasteiger partial charge in [0.25, 0.3) is 5.91 Å². The summed E-state index contributed by atoms with van der Waals surface area (Å²) in [6.07, 6.45) is 0. The molecule has 0 aliphatic carbocycles. The van der Waals surface area contributed by atoms with Gasteiger partial charge in [0.15, 0.2) is 0 Å². The van der Waals surface area contributed by atoms with E-state index < -0.39 is 11.7 Å². The zero-order chi connectivity index (χ0) is 14.5. The molecule has 0 spiro atoms. The number of nitrogens with zero attached hydrogens (tertiary/aromatic N) is 1. The van der Waals surface area contributed by atoms with Gasteiger partial charge in [0.05, 0.1) is 23.5 Å². The quantitative estimate of drug-likeness (QED) is 0.586. The minimum atomic E-state index is -0.575. The van der Waals surface area contributed by atoms with Crippen molar-refractivity contribution in [2.24, 2.45) is 5.84 Å². The number of para-hydroxylation sites is 1. The van der Waals surface area contributed by atoms with Crippen LogP contribution in [0.4, 0.5) is 10.1 Å². The number of pyridine rings is 1. The number of nitrogens with two attached hydrogens (primary N) is 1. The molecule has 1 aromatic heterocycles. The first-order valence-corrected chi connectivity index (χ1v) is 6.07. The molecule has 0 bridgehead atoms. The monoisotopic (exact) mass is 274 g/mol. The van der Waals surface area contributed by atoms with Crippen molar-refractivity contribution in [3.63, 3.8) is 0 Å². The molecule has 0 radical (unpaired) electrons. The molecule has 1 aromatic carbocycles. The van der Waals surface area contributed by atoms with Gasteiger partial charge in [-0.15, -0.1) is 0 Å². The predicted molar refractivity (Wildman–Crippen MR) is 74.4 cm³/mol. The highest BCUT2D eigenvalue weighted by Gasteiger charge is 2.14. The van der Waals surface area contributed by atoms with Crippen LogP contribution < -0.4 is 16.6 Å². The molecule has 0 aliphatic rings. The third kappa shape index (κ3) is 3.10. The topological polar surface area (TPSA) is 80.0 Å². The second kappa shape index (κ2) is 6.12. The smallest absolute Gasteiger partial charge is 0.253 e. The summed E-state index contributed by atoms with van der Waals surface area (Å²) in [7, 11) is 0. The lowest BCUT2D eigenvalue weighted by Gasteiger charge is -2.10. The van der Waals surface area contributed by atoms with E-state index in [4.69, 9.17) is 5.84 Å². The number of hydrogen-bond acceptors (Lipinski definition) is 4. The van der Waals surface area contributed by atoms with Crippen molar-refractivity contribution in [1.82, 2.24) is 10.3 Å². The maximum atomic E-state index is 13.5. The van der Waals surface area contributed by atoms with Crippen LogP contribution in [-0.4, -0.2) is 10.9 Å². The van der Waals surface area contributed by atoms with Crippen molar-refractivity contribution in [1.29, 1.82) is 0 Å². The van der Waals surface area contributed by atoms with Crippen LogP contribution in [0.25, 0.3) is 0 Å². The fourth-order valence-electron chi connectivity index (χ4n) is 1.82. The number of nitrogens with one attached hydrogen (secondary N) is 2. The van der Waals surface area contributed by atoms with E-state index in [1.807, 2.05) is 19.1 Å². The molecule has 4 N–H and O–H groups in total. The second-order valence-corrected chi connectivity index (χ2v) is 4.26. The zero-order valence-electron chi connectivity index (χ0n) is 11.0. The Morgan fingerprint density at radius 2 is 2.05 bits per heavy atom. The summed E-state index contributed by atoms with van der Waals surface area (Å²) in [4.78, 5) is 16.3. The molecule has 0 saturated carbocycles. The van der Waals surface area contributed by atoms with Crippen molar-refractivity contribution in [2.45, 2.75) is 13.5 Å². The molecule has 5 nitrogen and oxygen atoms in total. The van der Waals surface area contributed by atoms with E-state index in [-0.39, 0.29) is 17.8 Å². The van der Waals surface area contributed by atoms with E-state index in [1.165, 1.54) is 18.2 Å². The fraction of sp³-hybridized carbons (Fsp3) is 0.143. The number of carbonyl (C=O) groups excluding carboxylic acids is 1. The van der Waals surface area contributed by atoms with Crippen molar-refractivity contribution in [3.8, 4) is 0 Å². The van der Waals surface area contributed by atoms with Crippen molar-refractivity contribution in [2.75, 3.05) is 5.43 Å². The Kier molecular flexibility index (Phi) is 4.27. The third-order valence-corrected chi connectivity index (χ3v) is 2.78. The Labute approximate surface area is 116 Å². The zero-order valence-corrected chi connectivity index (χ0v) is 11.0. The van der Waals surface area contributed by atoms with E-state index in [0.29, 0.717) is 0 Å². The van der Waals surface area contributed by atoms with Crippen LogP contribution in [0.1, 0.15) is 21.7 Å². The van der Waals surface area contributed by atoms with Gasteiger partial charge in [0.2, 0.25) is 0 Å². The summed E-state index contributed by atoms with van der Waals surface area (Å²) >= 11 is 0. The fourth-order valence-corrected chi connectivity index (χ4v) is 1.82. The molecular formula is C14H15FN4O. The molecule has 0 fully saturated rings. The first-order chi connectivity index (χ1) is 9.61. The lowest BCUT2D eigenvalue weighted by Crippen LogP contribution is -2.25. The maximum Gasteiger partial charge on any atom is 0.253 e.